The first-order chi connectivity index (χ1) is 11.9. The summed E-state index contributed by atoms with van der Waals surface area (Å²) in [5, 5.41) is 4.05. The molecule has 0 unspecified atom stereocenters. The van der Waals surface area contributed by atoms with Crippen molar-refractivity contribution < 1.29 is 17.7 Å². The molecule has 1 fully saturated rings. The predicted octanol–water partition coefficient (Wildman–Crippen LogP) is 1.76. The fourth-order valence-electron chi connectivity index (χ4n) is 3.00. The Balaban J connectivity index is 1.86. The van der Waals surface area contributed by atoms with E-state index in [4.69, 9.17) is 4.52 Å². The van der Waals surface area contributed by atoms with Crippen molar-refractivity contribution in [3.8, 4) is 11.3 Å². The molecule has 2 aromatic rings. The summed E-state index contributed by atoms with van der Waals surface area (Å²) in [5.41, 5.74) is 1.78. The third-order valence-electron chi connectivity index (χ3n) is 4.33. The highest BCUT2D eigenvalue weighted by molar-refractivity contribution is 7.88. The summed E-state index contributed by atoms with van der Waals surface area (Å²) in [6.45, 7) is 3.30. The van der Waals surface area contributed by atoms with Crippen LogP contribution < -0.4 is 0 Å². The molecule has 8 heteroatoms. The van der Waals surface area contributed by atoms with Crippen LogP contribution in [0.4, 0.5) is 0 Å². The molecule has 1 aromatic carbocycles. The Morgan fingerprint density at radius 2 is 1.84 bits per heavy atom. The minimum atomic E-state index is -3.25. The number of carbonyl (C=O) groups is 1. The number of aryl methyl sites for hydroxylation is 1. The van der Waals surface area contributed by atoms with Crippen LogP contribution in [0.2, 0.25) is 0 Å². The molecular weight excluding hydrogens is 342 g/mol. The molecule has 0 saturated carbocycles. The van der Waals surface area contributed by atoms with Crippen molar-refractivity contribution in [1.82, 2.24) is 14.4 Å². The van der Waals surface area contributed by atoms with E-state index >= 15 is 0 Å². The van der Waals surface area contributed by atoms with Gasteiger partial charge in [-0.3, -0.25) is 4.79 Å². The Kier molecular flexibility index (Phi) is 4.91. The quantitative estimate of drug-likeness (QED) is 0.830. The number of nitrogens with zero attached hydrogens (tertiary/aromatic N) is 3. The second kappa shape index (κ2) is 6.97. The number of carbonyl (C=O) groups excluding carboxylic acids is 1. The van der Waals surface area contributed by atoms with Crippen LogP contribution in [0.25, 0.3) is 11.3 Å². The van der Waals surface area contributed by atoms with E-state index in [-0.39, 0.29) is 5.91 Å². The molecule has 0 spiro atoms. The lowest BCUT2D eigenvalue weighted by molar-refractivity contribution is 0.0763. The number of hydrogen-bond acceptors (Lipinski definition) is 5. The van der Waals surface area contributed by atoms with Crippen molar-refractivity contribution in [3.63, 3.8) is 0 Å². The van der Waals surface area contributed by atoms with Crippen molar-refractivity contribution in [3.05, 3.63) is 41.7 Å². The molecule has 0 bridgehead atoms. The maximum atomic E-state index is 13.0. The van der Waals surface area contributed by atoms with Crippen LogP contribution in [0, 0.1) is 6.92 Å². The fraction of sp³-hybridized carbons (Fsp3) is 0.412. The van der Waals surface area contributed by atoms with Crippen molar-refractivity contribution in [2.24, 2.45) is 0 Å². The molecule has 0 atom stereocenters. The molecule has 1 aliphatic rings. The fourth-order valence-corrected chi connectivity index (χ4v) is 3.88. The number of hydrogen-bond donors (Lipinski definition) is 0. The second-order valence-corrected chi connectivity index (χ2v) is 8.12. The zero-order chi connectivity index (χ0) is 18.0. The van der Waals surface area contributed by atoms with E-state index in [0.717, 1.165) is 5.56 Å². The van der Waals surface area contributed by atoms with E-state index < -0.39 is 10.0 Å². The van der Waals surface area contributed by atoms with E-state index in [2.05, 4.69) is 5.16 Å². The Morgan fingerprint density at radius 3 is 2.52 bits per heavy atom. The van der Waals surface area contributed by atoms with E-state index in [9.17, 15) is 13.2 Å². The van der Waals surface area contributed by atoms with Crippen LogP contribution in [0.5, 0.6) is 0 Å². The molecular formula is C17H21N3O4S. The lowest BCUT2D eigenvalue weighted by Crippen LogP contribution is -2.37. The molecule has 0 aliphatic carbocycles. The standard InChI is InChI=1S/C17H21N3O4S/c1-13-15(16(18-24-13)14-7-4-3-5-8-14)17(21)19-9-6-10-20(12-11-19)25(2,22)23/h3-5,7-8H,6,9-12H2,1-2H3. The molecule has 1 aliphatic heterocycles. The lowest BCUT2D eigenvalue weighted by atomic mass is 10.1. The van der Waals surface area contributed by atoms with Gasteiger partial charge in [0.15, 0.2) is 0 Å². The first-order valence-corrected chi connectivity index (χ1v) is 9.99. The molecule has 1 saturated heterocycles. The SMILES string of the molecule is Cc1onc(-c2ccccc2)c1C(=O)N1CCCN(S(C)(=O)=O)CC1. The van der Waals surface area contributed by atoms with Crippen LogP contribution in [0.1, 0.15) is 22.5 Å². The van der Waals surface area contributed by atoms with Crippen LogP contribution in [-0.2, 0) is 10.0 Å². The van der Waals surface area contributed by atoms with Crippen LogP contribution >= 0.6 is 0 Å². The van der Waals surface area contributed by atoms with Crippen LogP contribution in [-0.4, -0.2) is 61.1 Å². The van der Waals surface area contributed by atoms with Gasteiger partial charge in [0.25, 0.3) is 5.91 Å². The lowest BCUT2D eigenvalue weighted by Gasteiger charge is -2.21. The molecule has 0 N–H and O–H groups in total. The highest BCUT2D eigenvalue weighted by atomic mass is 32.2. The van der Waals surface area contributed by atoms with E-state index in [1.165, 1.54) is 10.6 Å². The number of aromatic nitrogens is 1. The Hall–Kier alpha value is -2.19. The van der Waals surface area contributed by atoms with Crippen molar-refractivity contribution >= 4 is 15.9 Å². The number of rotatable bonds is 3. The van der Waals surface area contributed by atoms with E-state index in [1.807, 2.05) is 30.3 Å². The maximum Gasteiger partial charge on any atom is 0.259 e. The summed E-state index contributed by atoms with van der Waals surface area (Å²) in [7, 11) is -3.25. The highest BCUT2D eigenvalue weighted by Crippen LogP contribution is 2.26. The van der Waals surface area contributed by atoms with Gasteiger partial charge in [0, 0.05) is 31.7 Å². The van der Waals surface area contributed by atoms with Gasteiger partial charge in [0.05, 0.1) is 6.26 Å². The smallest absolute Gasteiger partial charge is 0.259 e. The topological polar surface area (TPSA) is 83.7 Å². The predicted molar refractivity (Wildman–Crippen MR) is 93.6 cm³/mol. The minimum absolute atomic E-state index is 0.173. The molecule has 3 rings (SSSR count). The van der Waals surface area contributed by atoms with Gasteiger partial charge >= 0.3 is 0 Å². The van der Waals surface area contributed by atoms with Gasteiger partial charge in [-0.25, -0.2) is 12.7 Å². The van der Waals surface area contributed by atoms with Gasteiger partial charge in [0.2, 0.25) is 10.0 Å². The van der Waals surface area contributed by atoms with Crippen LogP contribution in [0.15, 0.2) is 34.9 Å². The Labute approximate surface area is 147 Å². The summed E-state index contributed by atoms with van der Waals surface area (Å²) in [4.78, 5) is 14.7. The molecule has 1 aromatic heterocycles. The second-order valence-electron chi connectivity index (χ2n) is 6.14. The summed E-state index contributed by atoms with van der Waals surface area (Å²) in [6, 6.07) is 9.41. The third-order valence-corrected chi connectivity index (χ3v) is 5.64. The number of amides is 1. The average molecular weight is 363 g/mol. The first-order valence-electron chi connectivity index (χ1n) is 8.14. The van der Waals surface area contributed by atoms with Crippen LogP contribution in [0.3, 0.4) is 0 Å². The maximum absolute atomic E-state index is 13.0. The van der Waals surface area contributed by atoms with Crippen molar-refractivity contribution in [1.29, 1.82) is 0 Å². The van der Waals surface area contributed by atoms with Gasteiger partial charge in [-0.2, -0.15) is 0 Å². The van der Waals surface area contributed by atoms with Gasteiger partial charge in [0.1, 0.15) is 17.0 Å². The number of benzene rings is 1. The Bertz CT molecular complexity index is 861. The Morgan fingerprint density at radius 1 is 1.12 bits per heavy atom. The van der Waals surface area contributed by atoms with E-state index in [1.54, 1.807) is 11.8 Å². The zero-order valence-corrected chi connectivity index (χ0v) is 15.1. The third kappa shape index (κ3) is 3.74. The molecule has 7 nitrogen and oxygen atoms in total. The van der Waals surface area contributed by atoms with Crippen molar-refractivity contribution in [2.45, 2.75) is 13.3 Å². The molecule has 134 valence electrons. The van der Waals surface area contributed by atoms with Gasteiger partial charge in [-0.05, 0) is 13.3 Å². The highest BCUT2D eigenvalue weighted by Gasteiger charge is 2.29. The summed E-state index contributed by atoms with van der Waals surface area (Å²) in [6.07, 6.45) is 1.80. The molecule has 0 radical (unpaired) electrons. The van der Waals surface area contributed by atoms with Crippen molar-refractivity contribution in [2.75, 3.05) is 32.4 Å². The molecule has 25 heavy (non-hydrogen) atoms. The zero-order valence-electron chi connectivity index (χ0n) is 14.3. The summed E-state index contributed by atoms with van der Waals surface area (Å²) < 4.78 is 30.2. The van der Waals surface area contributed by atoms with E-state index in [0.29, 0.717) is 49.6 Å². The average Bonchev–Trinajstić information content (AvgIpc) is 2.80. The van der Waals surface area contributed by atoms with Gasteiger partial charge in [-0.15, -0.1) is 0 Å². The number of sulfonamides is 1. The van der Waals surface area contributed by atoms with Gasteiger partial charge in [-0.1, -0.05) is 35.5 Å². The summed E-state index contributed by atoms with van der Waals surface area (Å²) >= 11 is 0. The minimum Gasteiger partial charge on any atom is -0.360 e. The largest absolute Gasteiger partial charge is 0.360 e. The monoisotopic (exact) mass is 363 g/mol. The normalized spacial score (nSPS) is 16.6. The first kappa shape index (κ1) is 17.6. The van der Waals surface area contributed by atoms with Gasteiger partial charge < -0.3 is 9.42 Å². The summed E-state index contributed by atoms with van der Waals surface area (Å²) in [5.74, 6) is 0.293. The molecule has 2 heterocycles. The molecule has 1 amide bonds.